The topological polar surface area (TPSA) is 64.6 Å². The molecule has 0 fully saturated rings. The molecule has 2 rings (SSSR count). The van der Waals surface area contributed by atoms with Gasteiger partial charge in [-0.1, -0.05) is 12.1 Å². The molecule has 0 aliphatic carbocycles. The van der Waals surface area contributed by atoms with E-state index in [1.807, 2.05) is 23.8 Å². The van der Waals surface area contributed by atoms with Crippen LogP contribution in [0.25, 0.3) is 0 Å². The Hall–Kier alpha value is -1.41. The lowest BCUT2D eigenvalue weighted by atomic mass is 10.2. The molecule has 0 aliphatic heterocycles. The van der Waals surface area contributed by atoms with Crippen LogP contribution in [0.2, 0.25) is 0 Å². The van der Waals surface area contributed by atoms with Gasteiger partial charge in [-0.15, -0.1) is 0 Å². The fourth-order valence-corrected chi connectivity index (χ4v) is 3.88. The van der Waals surface area contributed by atoms with Crippen molar-refractivity contribution < 1.29 is 17.9 Å². The summed E-state index contributed by atoms with van der Waals surface area (Å²) >= 11 is 1.54. The van der Waals surface area contributed by atoms with Crippen LogP contribution in [0, 0.1) is 0 Å². The van der Waals surface area contributed by atoms with E-state index in [0.29, 0.717) is 12.4 Å². The monoisotopic (exact) mass is 341 g/mol. The van der Waals surface area contributed by atoms with E-state index < -0.39 is 10.0 Å². The Morgan fingerprint density at radius 2 is 2.05 bits per heavy atom. The van der Waals surface area contributed by atoms with E-state index in [2.05, 4.69) is 4.72 Å². The molecule has 0 aliphatic rings. The van der Waals surface area contributed by atoms with E-state index in [4.69, 9.17) is 9.47 Å². The Morgan fingerprint density at radius 3 is 2.68 bits per heavy atom. The van der Waals surface area contributed by atoms with E-state index in [1.165, 1.54) is 6.07 Å². The number of hydrogen-bond acceptors (Lipinski definition) is 5. The summed E-state index contributed by atoms with van der Waals surface area (Å²) in [6, 6.07) is 8.50. The van der Waals surface area contributed by atoms with Crippen molar-refractivity contribution in [1.82, 2.24) is 4.72 Å². The molecule has 0 amide bonds. The molecular formula is C15H19NO4S2. The predicted molar refractivity (Wildman–Crippen MR) is 86.9 cm³/mol. The lowest BCUT2D eigenvalue weighted by molar-refractivity contribution is 0.107. The molecule has 1 aromatic heterocycles. The summed E-state index contributed by atoms with van der Waals surface area (Å²) in [7, 11) is -2.10. The predicted octanol–water partition coefficient (Wildman–Crippen LogP) is 2.81. The van der Waals surface area contributed by atoms with Crippen molar-refractivity contribution >= 4 is 21.4 Å². The number of ether oxygens (including phenoxy) is 2. The second kappa shape index (κ2) is 7.73. The zero-order chi connectivity index (χ0) is 16.0. The normalized spacial score (nSPS) is 13.0. The minimum atomic E-state index is -3.66. The molecule has 2 aromatic rings. The van der Waals surface area contributed by atoms with Gasteiger partial charge in [0.15, 0.2) is 0 Å². The molecule has 5 nitrogen and oxygen atoms in total. The molecule has 0 saturated carbocycles. The van der Waals surface area contributed by atoms with Gasteiger partial charge in [-0.2, -0.15) is 11.3 Å². The maximum absolute atomic E-state index is 12.5. The van der Waals surface area contributed by atoms with Gasteiger partial charge in [0.2, 0.25) is 10.0 Å². The molecule has 120 valence electrons. The van der Waals surface area contributed by atoms with Crippen molar-refractivity contribution in [2.24, 2.45) is 0 Å². The number of methoxy groups -OCH3 is 1. The smallest absolute Gasteiger partial charge is 0.244 e. The number of benzene rings is 1. The molecule has 0 radical (unpaired) electrons. The summed E-state index contributed by atoms with van der Waals surface area (Å²) < 4.78 is 38.3. The van der Waals surface area contributed by atoms with Gasteiger partial charge in [0.25, 0.3) is 0 Å². The van der Waals surface area contributed by atoms with Gasteiger partial charge < -0.3 is 9.47 Å². The highest BCUT2D eigenvalue weighted by molar-refractivity contribution is 7.89. The van der Waals surface area contributed by atoms with E-state index in [0.717, 1.165) is 5.56 Å². The van der Waals surface area contributed by atoms with Gasteiger partial charge in [0, 0.05) is 13.7 Å². The molecule has 1 N–H and O–H groups in total. The van der Waals surface area contributed by atoms with Crippen molar-refractivity contribution in [1.29, 1.82) is 0 Å². The van der Waals surface area contributed by atoms with E-state index in [-0.39, 0.29) is 17.5 Å². The highest BCUT2D eigenvalue weighted by atomic mass is 32.2. The van der Waals surface area contributed by atoms with Crippen LogP contribution in [0.15, 0.2) is 46.0 Å². The van der Waals surface area contributed by atoms with Gasteiger partial charge in [-0.3, -0.25) is 0 Å². The maximum atomic E-state index is 12.5. The third-order valence-electron chi connectivity index (χ3n) is 3.10. The average molecular weight is 341 g/mol. The highest BCUT2D eigenvalue weighted by Gasteiger charge is 2.21. The number of hydrogen-bond donors (Lipinski definition) is 1. The lowest BCUT2D eigenvalue weighted by Gasteiger charge is -2.16. The zero-order valence-corrected chi connectivity index (χ0v) is 14.1. The Labute approximate surface area is 134 Å². The molecule has 0 bridgehead atoms. The first-order valence-electron chi connectivity index (χ1n) is 6.85. The second-order valence-electron chi connectivity index (χ2n) is 4.51. The fraction of sp³-hybridized carbons (Fsp3) is 0.333. The number of rotatable bonds is 8. The standard InChI is InChI=1S/C15H19NO4S2/c1-3-20-13-6-4-5-7-15(13)22(17,18)16-10-14(19-2)12-8-9-21-11-12/h4-9,11,14,16H,3,10H2,1-2H3. The Bertz CT molecular complexity index is 683. The van der Waals surface area contributed by atoms with Crippen LogP contribution in [0.3, 0.4) is 0 Å². The van der Waals surface area contributed by atoms with E-state index >= 15 is 0 Å². The highest BCUT2D eigenvalue weighted by Crippen LogP contribution is 2.24. The van der Waals surface area contributed by atoms with Crippen LogP contribution in [0.5, 0.6) is 5.75 Å². The number of thiophene rings is 1. The van der Waals surface area contributed by atoms with E-state index in [1.54, 1.807) is 36.6 Å². The van der Waals surface area contributed by atoms with Gasteiger partial charge in [0.1, 0.15) is 10.6 Å². The van der Waals surface area contributed by atoms with Crippen LogP contribution in [-0.2, 0) is 14.8 Å². The van der Waals surface area contributed by atoms with Crippen molar-refractivity contribution in [3.05, 3.63) is 46.7 Å². The Balaban J connectivity index is 2.14. The molecule has 1 unspecified atom stereocenters. The first-order chi connectivity index (χ1) is 10.6. The first kappa shape index (κ1) is 17.0. The summed E-state index contributed by atoms with van der Waals surface area (Å²) in [5, 5.41) is 3.87. The van der Waals surface area contributed by atoms with Crippen LogP contribution < -0.4 is 9.46 Å². The van der Waals surface area contributed by atoms with Crippen molar-refractivity contribution in [3.8, 4) is 5.75 Å². The molecule has 0 spiro atoms. The van der Waals surface area contributed by atoms with Crippen molar-refractivity contribution in [2.45, 2.75) is 17.9 Å². The van der Waals surface area contributed by atoms with Crippen LogP contribution in [0.1, 0.15) is 18.6 Å². The molecule has 1 aromatic carbocycles. The quantitative estimate of drug-likeness (QED) is 0.802. The summed E-state index contributed by atoms with van der Waals surface area (Å²) in [5.41, 5.74) is 0.952. The molecule has 22 heavy (non-hydrogen) atoms. The van der Waals surface area contributed by atoms with Gasteiger partial charge in [-0.25, -0.2) is 13.1 Å². The van der Waals surface area contributed by atoms with E-state index in [9.17, 15) is 8.42 Å². The van der Waals surface area contributed by atoms with Crippen molar-refractivity contribution in [3.63, 3.8) is 0 Å². The SMILES string of the molecule is CCOc1ccccc1S(=O)(=O)NCC(OC)c1ccsc1. The van der Waals surface area contributed by atoms with Crippen molar-refractivity contribution in [2.75, 3.05) is 20.3 Å². The zero-order valence-electron chi connectivity index (χ0n) is 12.5. The molecular weight excluding hydrogens is 322 g/mol. The number of nitrogens with one attached hydrogen (secondary N) is 1. The molecule has 0 saturated heterocycles. The molecule has 1 heterocycles. The fourth-order valence-electron chi connectivity index (χ4n) is 2.01. The summed E-state index contributed by atoms with van der Waals surface area (Å²) in [6.07, 6.45) is -0.319. The number of sulfonamides is 1. The van der Waals surface area contributed by atoms with Crippen LogP contribution in [0.4, 0.5) is 0 Å². The molecule has 1 atom stereocenters. The second-order valence-corrected chi connectivity index (χ2v) is 7.03. The van der Waals surface area contributed by atoms with Gasteiger partial charge in [0.05, 0.1) is 12.7 Å². The summed E-state index contributed by atoms with van der Waals surface area (Å²) in [5.74, 6) is 0.349. The third kappa shape index (κ3) is 4.07. The van der Waals surface area contributed by atoms with Crippen LogP contribution >= 0.6 is 11.3 Å². The summed E-state index contributed by atoms with van der Waals surface area (Å²) in [6.45, 7) is 2.38. The minimum Gasteiger partial charge on any atom is -0.492 e. The first-order valence-corrected chi connectivity index (χ1v) is 9.27. The largest absolute Gasteiger partial charge is 0.492 e. The van der Waals surface area contributed by atoms with Crippen LogP contribution in [-0.4, -0.2) is 28.7 Å². The summed E-state index contributed by atoms with van der Waals surface area (Å²) in [4.78, 5) is 0.136. The molecule has 7 heteroatoms. The average Bonchev–Trinajstić information content (AvgIpc) is 3.03. The maximum Gasteiger partial charge on any atom is 0.244 e. The van der Waals surface area contributed by atoms with Gasteiger partial charge >= 0.3 is 0 Å². The van der Waals surface area contributed by atoms with Gasteiger partial charge in [-0.05, 0) is 41.4 Å². The Kier molecular flexibility index (Phi) is 5.96. The lowest BCUT2D eigenvalue weighted by Crippen LogP contribution is -2.29. The third-order valence-corrected chi connectivity index (χ3v) is 5.26. The number of para-hydroxylation sites is 1. The Morgan fingerprint density at radius 1 is 1.27 bits per heavy atom. The minimum absolute atomic E-state index is 0.136.